The van der Waals surface area contributed by atoms with Gasteiger partial charge in [0.2, 0.25) is 5.91 Å². The quantitative estimate of drug-likeness (QED) is 0.713. The van der Waals surface area contributed by atoms with Gasteiger partial charge in [0.25, 0.3) is 0 Å². The molecule has 1 unspecified atom stereocenters. The third-order valence-electron chi connectivity index (χ3n) is 6.80. The smallest absolute Gasteiger partial charge is 0.342 e. The van der Waals surface area contributed by atoms with Gasteiger partial charge in [-0.25, -0.2) is 0 Å². The molecule has 2 aromatic rings. The molecule has 1 amide bonds. The number of piperidine rings is 1. The maximum Gasteiger partial charge on any atom is 0.418 e. The Kier molecular flexibility index (Phi) is 6.72. The maximum absolute atomic E-state index is 13.5. The molecule has 1 aromatic heterocycles. The van der Waals surface area contributed by atoms with E-state index in [1.54, 1.807) is 18.2 Å². The van der Waals surface area contributed by atoms with Crippen LogP contribution in [0, 0.1) is 5.92 Å². The number of aromatic nitrogens is 1. The van der Waals surface area contributed by atoms with Crippen molar-refractivity contribution in [2.75, 3.05) is 52.9 Å². The molecule has 2 saturated heterocycles. The summed E-state index contributed by atoms with van der Waals surface area (Å²) in [6.07, 6.45) is -1.72. The van der Waals surface area contributed by atoms with Gasteiger partial charge in [-0.15, -0.1) is 0 Å². The zero-order valence-electron chi connectivity index (χ0n) is 18.7. The fourth-order valence-corrected chi connectivity index (χ4v) is 5.04. The van der Waals surface area contributed by atoms with Crippen molar-refractivity contribution in [2.24, 2.45) is 5.92 Å². The van der Waals surface area contributed by atoms with Crippen LogP contribution in [-0.2, 0) is 11.0 Å². The number of likely N-dealkylation sites (N-methyl/N-ethyl adjacent to an activating group) is 1. The monoisotopic (exact) mass is 448 g/mol. The molecule has 0 N–H and O–H groups in total. The zero-order chi connectivity index (χ0) is 22.9. The van der Waals surface area contributed by atoms with E-state index in [2.05, 4.69) is 28.8 Å². The summed E-state index contributed by atoms with van der Waals surface area (Å²) in [6.45, 7) is 8.11. The molecule has 174 valence electrons. The summed E-state index contributed by atoms with van der Waals surface area (Å²) in [5.74, 6) is 0.422. The summed E-state index contributed by atoms with van der Waals surface area (Å²) >= 11 is 0. The Balaban J connectivity index is 1.50. The highest BCUT2D eigenvalue weighted by molar-refractivity contribution is 5.86. The van der Waals surface area contributed by atoms with Crippen molar-refractivity contribution in [3.8, 4) is 0 Å². The molecule has 4 rings (SSSR count). The van der Waals surface area contributed by atoms with Crippen molar-refractivity contribution in [1.29, 1.82) is 0 Å². The molecule has 0 aliphatic carbocycles. The summed E-state index contributed by atoms with van der Waals surface area (Å²) in [7, 11) is 2.11. The largest absolute Gasteiger partial charge is 0.418 e. The Labute approximate surface area is 187 Å². The first-order valence-electron chi connectivity index (χ1n) is 11.4. The molecule has 0 bridgehead atoms. The van der Waals surface area contributed by atoms with Crippen LogP contribution in [0.25, 0.3) is 10.9 Å². The number of likely N-dealkylation sites (tertiary alicyclic amines) is 1. The Morgan fingerprint density at radius 1 is 1.12 bits per heavy atom. The number of halogens is 3. The summed E-state index contributed by atoms with van der Waals surface area (Å²) in [4.78, 5) is 23.6. The second-order valence-corrected chi connectivity index (χ2v) is 9.33. The van der Waals surface area contributed by atoms with E-state index >= 15 is 0 Å². The van der Waals surface area contributed by atoms with Gasteiger partial charge in [-0.2, -0.15) is 13.2 Å². The predicted molar refractivity (Wildman–Crippen MR) is 118 cm³/mol. The Morgan fingerprint density at radius 3 is 2.59 bits per heavy atom. The molecule has 2 aliphatic rings. The van der Waals surface area contributed by atoms with Crippen LogP contribution in [0.15, 0.2) is 30.5 Å². The van der Waals surface area contributed by atoms with Gasteiger partial charge < -0.3 is 14.7 Å². The van der Waals surface area contributed by atoms with Crippen molar-refractivity contribution in [1.82, 2.24) is 19.7 Å². The van der Waals surface area contributed by atoms with Crippen molar-refractivity contribution in [3.05, 3.63) is 41.6 Å². The molecule has 8 heteroatoms. The predicted octanol–water partition coefficient (Wildman–Crippen LogP) is 3.84. The Bertz CT molecular complexity index is 956. The molecule has 2 aliphatic heterocycles. The minimum absolute atomic E-state index is 0.000296. The number of amides is 1. The lowest BCUT2D eigenvalue weighted by Crippen LogP contribution is -2.47. The number of carbonyl (C=O) groups excluding carboxylic acids is 1. The van der Waals surface area contributed by atoms with Gasteiger partial charge in [0.1, 0.15) is 0 Å². The van der Waals surface area contributed by atoms with Gasteiger partial charge in [-0.1, -0.05) is 19.1 Å². The molecule has 2 atom stereocenters. The second-order valence-electron chi connectivity index (χ2n) is 9.33. The number of rotatable bonds is 4. The third-order valence-corrected chi connectivity index (χ3v) is 6.80. The molecule has 3 heterocycles. The minimum Gasteiger partial charge on any atom is -0.342 e. The maximum atomic E-state index is 13.5. The fraction of sp³-hybridized carbons (Fsp3) is 0.583. The average molecular weight is 449 g/mol. The van der Waals surface area contributed by atoms with Gasteiger partial charge >= 0.3 is 6.18 Å². The molecule has 2 fully saturated rings. The van der Waals surface area contributed by atoms with Crippen molar-refractivity contribution < 1.29 is 18.0 Å². The van der Waals surface area contributed by atoms with Crippen molar-refractivity contribution in [2.45, 2.75) is 31.9 Å². The second kappa shape index (κ2) is 9.35. The van der Waals surface area contributed by atoms with Gasteiger partial charge in [0.15, 0.2) is 0 Å². The van der Waals surface area contributed by atoms with Crippen LogP contribution in [0.4, 0.5) is 13.2 Å². The Morgan fingerprint density at radius 2 is 1.88 bits per heavy atom. The standard InChI is InChI=1S/C24H31F3N4O/c1-17-14-18(16-31(15-17)22(32)7-9-30-12-10-29(2)11-13-30)19-5-6-21(24(25,26)27)23-20(19)4-3-8-28-23/h3-6,8,17-18H,7,9-16H2,1-2H3/t17?,18-/m1/s1. The van der Waals surface area contributed by atoms with E-state index in [-0.39, 0.29) is 23.3 Å². The van der Waals surface area contributed by atoms with Crippen molar-refractivity contribution in [3.63, 3.8) is 0 Å². The zero-order valence-corrected chi connectivity index (χ0v) is 18.7. The van der Waals surface area contributed by atoms with Crippen LogP contribution >= 0.6 is 0 Å². The van der Waals surface area contributed by atoms with Crippen LogP contribution in [0.5, 0.6) is 0 Å². The molecule has 32 heavy (non-hydrogen) atoms. The molecule has 1 aromatic carbocycles. The summed E-state index contributed by atoms with van der Waals surface area (Å²) in [5.41, 5.74) is 0.133. The lowest BCUT2D eigenvalue weighted by molar-refractivity contribution is -0.136. The number of piperazine rings is 1. The first-order valence-corrected chi connectivity index (χ1v) is 11.4. The number of carbonyl (C=O) groups is 1. The number of benzene rings is 1. The number of alkyl halides is 3. The molecule has 0 saturated carbocycles. The topological polar surface area (TPSA) is 39.7 Å². The lowest BCUT2D eigenvalue weighted by atomic mass is 9.83. The summed E-state index contributed by atoms with van der Waals surface area (Å²) in [6, 6.07) is 6.12. The summed E-state index contributed by atoms with van der Waals surface area (Å²) < 4.78 is 40.4. The normalized spacial score (nSPS) is 23.6. The van der Waals surface area contributed by atoms with Crippen LogP contribution in [0.3, 0.4) is 0 Å². The molecule has 0 spiro atoms. The number of hydrogen-bond donors (Lipinski definition) is 0. The van der Waals surface area contributed by atoms with Gasteiger partial charge in [0.05, 0.1) is 11.1 Å². The van der Waals surface area contributed by atoms with Gasteiger partial charge in [-0.05, 0) is 37.1 Å². The molecular weight excluding hydrogens is 417 g/mol. The number of nitrogens with zero attached hydrogens (tertiary/aromatic N) is 4. The SMILES string of the molecule is CC1C[C@@H](c2ccc(C(F)(F)F)c3ncccc23)CN(C(=O)CCN2CCN(C)CC2)C1. The Hall–Kier alpha value is -2.19. The van der Waals surface area contributed by atoms with Gasteiger partial charge in [0, 0.05) is 69.7 Å². The van der Waals surface area contributed by atoms with Crippen LogP contribution in [0.1, 0.15) is 36.8 Å². The van der Waals surface area contributed by atoms with E-state index in [0.29, 0.717) is 24.9 Å². The lowest BCUT2D eigenvalue weighted by Gasteiger charge is -2.38. The highest BCUT2D eigenvalue weighted by Gasteiger charge is 2.35. The van der Waals surface area contributed by atoms with Crippen LogP contribution < -0.4 is 0 Å². The van der Waals surface area contributed by atoms with Gasteiger partial charge in [-0.3, -0.25) is 9.78 Å². The number of fused-ring (bicyclic) bond motifs is 1. The fourth-order valence-electron chi connectivity index (χ4n) is 5.04. The first kappa shape index (κ1) is 23.0. The number of pyridine rings is 1. The van der Waals surface area contributed by atoms with E-state index in [0.717, 1.165) is 50.8 Å². The summed E-state index contributed by atoms with van der Waals surface area (Å²) in [5, 5.41) is 0.534. The molecule has 5 nitrogen and oxygen atoms in total. The van der Waals surface area contributed by atoms with E-state index < -0.39 is 11.7 Å². The van der Waals surface area contributed by atoms with Crippen LogP contribution in [-0.4, -0.2) is 78.5 Å². The average Bonchev–Trinajstić information content (AvgIpc) is 2.76. The highest BCUT2D eigenvalue weighted by Crippen LogP contribution is 2.39. The van der Waals surface area contributed by atoms with E-state index in [1.165, 1.54) is 6.20 Å². The van der Waals surface area contributed by atoms with Crippen LogP contribution in [0.2, 0.25) is 0 Å². The van der Waals surface area contributed by atoms with E-state index in [1.807, 2.05) is 4.90 Å². The molecular formula is C24H31F3N4O. The van der Waals surface area contributed by atoms with Crippen molar-refractivity contribution >= 4 is 16.8 Å². The van der Waals surface area contributed by atoms with E-state index in [4.69, 9.17) is 0 Å². The molecule has 0 radical (unpaired) electrons. The number of hydrogen-bond acceptors (Lipinski definition) is 4. The van der Waals surface area contributed by atoms with E-state index in [9.17, 15) is 18.0 Å². The first-order chi connectivity index (χ1) is 15.2. The third kappa shape index (κ3) is 5.07. The highest BCUT2D eigenvalue weighted by atomic mass is 19.4. The minimum atomic E-state index is -4.45.